The van der Waals surface area contributed by atoms with Crippen molar-refractivity contribution in [3.8, 4) is 11.5 Å². The molecule has 0 fully saturated rings. The van der Waals surface area contributed by atoms with Crippen LogP contribution in [0.1, 0.15) is 41.4 Å². The van der Waals surface area contributed by atoms with Crippen molar-refractivity contribution in [2.24, 2.45) is 0 Å². The number of carbonyl (C=O) groups is 1. The van der Waals surface area contributed by atoms with Crippen LogP contribution < -0.4 is 9.47 Å². The van der Waals surface area contributed by atoms with Gasteiger partial charge in [0.1, 0.15) is 24.2 Å². The molecule has 22 heavy (non-hydrogen) atoms. The summed E-state index contributed by atoms with van der Waals surface area (Å²) >= 11 is 0. The number of benzene rings is 1. The van der Waals surface area contributed by atoms with Gasteiger partial charge in [-0.15, -0.1) is 0 Å². The maximum Gasteiger partial charge on any atom is 0.170 e. The molecule has 1 aromatic carbocycles. The van der Waals surface area contributed by atoms with Gasteiger partial charge in [0.2, 0.25) is 0 Å². The molecule has 2 aromatic rings. The van der Waals surface area contributed by atoms with Gasteiger partial charge in [0.25, 0.3) is 0 Å². The van der Waals surface area contributed by atoms with E-state index in [1.807, 2.05) is 38.1 Å². The summed E-state index contributed by atoms with van der Waals surface area (Å²) in [5.41, 5.74) is 2.68. The predicted molar refractivity (Wildman–Crippen MR) is 83.4 cm³/mol. The molecule has 4 heteroatoms. The Hall–Kier alpha value is -2.36. The van der Waals surface area contributed by atoms with E-state index in [1.165, 1.54) is 0 Å². The molecule has 4 nitrogen and oxygen atoms in total. The predicted octanol–water partition coefficient (Wildman–Crippen LogP) is 3.71. The van der Waals surface area contributed by atoms with Crippen molar-refractivity contribution in [1.29, 1.82) is 0 Å². The Morgan fingerprint density at radius 3 is 2.95 bits per heavy atom. The number of carbonyl (C=O) groups excluding carboxylic acids is 1. The van der Waals surface area contributed by atoms with Crippen molar-refractivity contribution < 1.29 is 14.3 Å². The molecule has 0 aliphatic carbocycles. The lowest BCUT2D eigenvalue weighted by molar-refractivity contribution is 0.0845. The Labute approximate surface area is 130 Å². The molecular formula is C18H19NO3. The summed E-state index contributed by atoms with van der Waals surface area (Å²) in [6, 6.07) is 9.34. The number of pyridine rings is 1. The monoisotopic (exact) mass is 297 g/mol. The number of hydrogen-bond donors (Lipinski definition) is 0. The van der Waals surface area contributed by atoms with Gasteiger partial charge in [0, 0.05) is 24.4 Å². The first-order chi connectivity index (χ1) is 10.7. The largest absolute Gasteiger partial charge is 0.489 e. The van der Waals surface area contributed by atoms with Gasteiger partial charge in [0.05, 0.1) is 5.56 Å². The number of ether oxygens (including phenoxy) is 2. The lowest BCUT2D eigenvalue weighted by atomic mass is 9.99. The van der Waals surface area contributed by atoms with E-state index in [-0.39, 0.29) is 11.9 Å². The van der Waals surface area contributed by atoms with Crippen molar-refractivity contribution in [3.63, 3.8) is 0 Å². The summed E-state index contributed by atoms with van der Waals surface area (Å²) in [4.78, 5) is 16.2. The van der Waals surface area contributed by atoms with Gasteiger partial charge in [-0.3, -0.25) is 9.78 Å². The summed E-state index contributed by atoms with van der Waals surface area (Å²) < 4.78 is 11.7. The third-order valence-electron chi connectivity index (χ3n) is 3.78. The van der Waals surface area contributed by atoms with E-state index in [1.54, 1.807) is 12.3 Å². The second-order valence-electron chi connectivity index (χ2n) is 5.53. The van der Waals surface area contributed by atoms with Gasteiger partial charge in [-0.1, -0.05) is 6.92 Å². The fraction of sp³-hybridized carbons (Fsp3) is 0.333. The van der Waals surface area contributed by atoms with E-state index in [9.17, 15) is 4.79 Å². The maximum atomic E-state index is 12.1. The van der Waals surface area contributed by atoms with Crippen LogP contribution in [0.4, 0.5) is 0 Å². The quantitative estimate of drug-likeness (QED) is 0.863. The Bertz CT molecular complexity index is 696. The van der Waals surface area contributed by atoms with Crippen LogP contribution in [-0.2, 0) is 6.61 Å². The SMILES string of the molecule is CCC1CC(=O)c2ccc(OCc3ccnc(C)c3)cc2O1. The first kappa shape index (κ1) is 14.6. The van der Waals surface area contributed by atoms with E-state index in [0.717, 1.165) is 17.7 Å². The van der Waals surface area contributed by atoms with Crippen LogP contribution in [0.2, 0.25) is 0 Å². The average Bonchev–Trinajstić information content (AvgIpc) is 2.52. The molecule has 0 saturated carbocycles. The number of ketones is 1. The molecule has 1 aliphatic heterocycles. The topological polar surface area (TPSA) is 48.4 Å². The van der Waals surface area contributed by atoms with Crippen molar-refractivity contribution in [2.75, 3.05) is 0 Å². The Balaban J connectivity index is 1.74. The van der Waals surface area contributed by atoms with E-state index in [2.05, 4.69) is 4.98 Å². The molecule has 0 N–H and O–H groups in total. The summed E-state index contributed by atoms with van der Waals surface area (Å²) in [7, 11) is 0. The number of rotatable bonds is 4. The number of fused-ring (bicyclic) bond motifs is 1. The molecule has 2 heterocycles. The van der Waals surface area contributed by atoms with Gasteiger partial charge >= 0.3 is 0 Å². The van der Waals surface area contributed by atoms with Gasteiger partial charge in [-0.2, -0.15) is 0 Å². The third-order valence-corrected chi connectivity index (χ3v) is 3.78. The minimum atomic E-state index is -0.0295. The highest BCUT2D eigenvalue weighted by molar-refractivity contribution is 6.00. The Kier molecular flexibility index (Phi) is 4.09. The zero-order valence-electron chi connectivity index (χ0n) is 12.8. The molecule has 0 saturated heterocycles. The summed E-state index contributed by atoms with van der Waals surface area (Å²) in [6.07, 6.45) is 3.03. The molecular weight excluding hydrogens is 278 g/mol. The fourth-order valence-corrected chi connectivity index (χ4v) is 2.55. The Morgan fingerprint density at radius 1 is 1.32 bits per heavy atom. The molecule has 0 radical (unpaired) electrons. The molecule has 0 spiro atoms. The maximum absolute atomic E-state index is 12.1. The molecule has 1 aromatic heterocycles. The van der Waals surface area contributed by atoms with Crippen molar-refractivity contribution in [2.45, 2.75) is 39.4 Å². The first-order valence-corrected chi connectivity index (χ1v) is 7.54. The molecule has 1 unspecified atom stereocenters. The van der Waals surface area contributed by atoms with Crippen molar-refractivity contribution in [1.82, 2.24) is 4.98 Å². The van der Waals surface area contributed by atoms with Crippen LogP contribution in [0.3, 0.4) is 0 Å². The lowest BCUT2D eigenvalue weighted by Crippen LogP contribution is -2.26. The van der Waals surface area contributed by atoms with Crippen LogP contribution in [0.5, 0.6) is 11.5 Å². The molecule has 114 valence electrons. The van der Waals surface area contributed by atoms with E-state index in [0.29, 0.717) is 30.1 Å². The molecule has 3 rings (SSSR count). The minimum Gasteiger partial charge on any atom is -0.489 e. The standard InChI is InChI=1S/C18H19NO3/c1-3-14-9-17(20)16-5-4-15(10-18(16)22-14)21-11-13-6-7-19-12(2)8-13/h4-8,10,14H,3,9,11H2,1-2H3. The number of Topliss-reactive ketones (excluding diaryl/α,β-unsaturated/α-hetero) is 1. The second-order valence-corrected chi connectivity index (χ2v) is 5.53. The zero-order chi connectivity index (χ0) is 15.5. The van der Waals surface area contributed by atoms with Crippen LogP contribution in [0.15, 0.2) is 36.5 Å². The van der Waals surface area contributed by atoms with Crippen LogP contribution in [0.25, 0.3) is 0 Å². The lowest BCUT2D eigenvalue weighted by Gasteiger charge is -2.24. The van der Waals surface area contributed by atoms with Gasteiger partial charge in [-0.05, 0) is 43.2 Å². The molecule has 1 aliphatic rings. The highest BCUT2D eigenvalue weighted by Gasteiger charge is 2.25. The molecule has 0 amide bonds. The number of hydrogen-bond acceptors (Lipinski definition) is 4. The zero-order valence-corrected chi connectivity index (χ0v) is 12.8. The van der Waals surface area contributed by atoms with Crippen molar-refractivity contribution >= 4 is 5.78 Å². The van der Waals surface area contributed by atoms with Crippen LogP contribution >= 0.6 is 0 Å². The minimum absolute atomic E-state index is 0.0295. The molecule has 1 atom stereocenters. The highest BCUT2D eigenvalue weighted by Crippen LogP contribution is 2.32. The highest BCUT2D eigenvalue weighted by atomic mass is 16.5. The molecule has 0 bridgehead atoms. The average molecular weight is 297 g/mol. The van der Waals surface area contributed by atoms with Gasteiger partial charge in [0.15, 0.2) is 5.78 Å². The van der Waals surface area contributed by atoms with E-state index in [4.69, 9.17) is 9.47 Å². The Morgan fingerprint density at radius 2 is 2.18 bits per heavy atom. The van der Waals surface area contributed by atoms with E-state index >= 15 is 0 Å². The van der Waals surface area contributed by atoms with Gasteiger partial charge in [-0.25, -0.2) is 0 Å². The number of nitrogens with zero attached hydrogens (tertiary/aromatic N) is 1. The summed E-state index contributed by atoms with van der Waals surface area (Å²) in [6.45, 7) is 4.44. The number of aryl methyl sites for hydroxylation is 1. The first-order valence-electron chi connectivity index (χ1n) is 7.54. The summed E-state index contributed by atoms with van der Waals surface area (Å²) in [5.74, 6) is 1.48. The van der Waals surface area contributed by atoms with Gasteiger partial charge < -0.3 is 9.47 Å². The fourth-order valence-electron chi connectivity index (χ4n) is 2.55. The van der Waals surface area contributed by atoms with Crippen LogP contribution in [0, 0.1) is 6.92 Å². The van der Waals surface area contributed by atoms with Crippen LogP contribution in [-0.4, -0.2) is 16.9 Å². The normalized spacial score (nSPS) is 16.8. The third kappa shape index (κ3) is 3.11. The summed E-state index contributed by atoms with van der Waals surface area (Å²) in [5, 5.41) is 0. The number of aromatic nitrogens is 1. The smallest absolute Gasteiger partial charge is 0.170 e. The second kappa shape index (κ2) is 6.18. The van der Waals surface area contributed by atoms with Crippen molar-refractivity contribution in [3.05, 3.63) is 53.3 Å². The van der Waals surface area contributed by atoms with E-state index < -0.39 is 0 Å².